The molecule has 0 atom stereocenters. The monoisotopic (exact) mass is 660 g/mol. The predicted molar refractivity (Wildman–Crippen MR) is 179 cm³/mol. The van der Waals surface area contributed by atoms with E-state index in [1.807, 2.05) is 19.1 Å². The molecule has 240 valence electrons. The van der Waals surface area contributed by atoms with Gasteiger partial charge < -0.3 is 15.1 Å². The van der Waals surface area contributed by atoms with Gasteiger partial charge in [0.1, 0.15) is 11.3 Å². The Morgan fingerprint density at radius 1 is 0.870 bits per heavy atom. The molecule has 4 aromatic rings. The van der Waals surface area contributed by atoms with Gasteiger partial charge in [0.15, 0.2) is 0 Å². The number of carboxylic acid groups (broad SMARTS) is 1. The summed E-state index contributed by atoms with van der Waals surface area (Å²) in [6.45, 7) is 1.23. The van der Waals surface area contributed by atoms with Crippen LogP contribution in [0.5, 0.6) is 5.75 Å². The van der Waals surface area contributed by atoms with E-state index in [2.05, 4.69) is 12.1 Å². The first kappa shape index (κ1) is 33.2. The van der Waals surface area contributed by atoms with Crippen LogP contribution in [0.15, 0.2) is 95.9 Å². The van der Waals surface area contributed by atoms with Gasteiger partial charge >= 0.3 is 5.97 Å². The second-order valence-corrected chi connectivity index (χ2v) is 14.1. The molecule has 0 bridgehead atoms. The number of carboxylic acids is 1. The van der Waals surface area contributed by atoms with Gasteiger partial charge in [-0.15, -0.1) is 0 Å². The van der Waals surface area contributed by atoms with Crippen molar-refractivity contribution in [1.82, 2.24) is 4.31 Å². The van der Waals surface area contributed by atoms with Crippen molar-refractivity contribution < 1.29 is 28.2 Å². The van der Waals surface area contributed by atoms with Crippen LogP contribution in [0.4, 0.5) is 5.69 Å². The number of rotatable bonds is 11. The number of aromatic carboxylic acids is 1. The molecule has 0 radical (unpaired) electrons. The Hall–Kier alpha value is -4.18. The summed E-state index contributed by atoms with van der Waals surface area (Å²) in [5.74, 6) is -1.88. The minimum absolute atomic E-state index is 0.0336. The molecule has 10 heteroatoms. The maximum atomic E-state index is 14.2. The van der Waals surface area contributed by atoms with E-state index in [1.54, 1.807) is 36.4 Å². The van der Waals surface area contributed by atoms with E-state index < -0.39 is 34.2 Å². The second kappa shape index (κ2) is 14.5. The predicted octanol–water partition coefficient (Wildman–Crippen LogP) is 7.52. The van der Waals surface area contributed by atoms with Crippen molar-refractivity contribution in [2.75, 3.05) is 11.4 Å². The van der Waals surface area contributed by atoms with E-state index in [0.717, 1.165) is 28.3 Å². The van der Waals surface area contributed by atoms with Crippen molar-refractivity contribution in [3.05, 3.63) is 124 Å². The Morgan fingerprint density at radius 3 is 2.17 bits per heavy atom. The SMILES string of the molecule is Cc1ccc(S(=O)(=O)N(CC(=O)N(Cc2ccc(C3CCCCC3)cc2)c2ccc(C(=O)O)c(O)c2)Cc2ccccc2Cl)cc1. The fourth-order valence-electron chi connectivity index (χ4n) is 5.84. The van der Waals surface area contributed by atoms with Crippen LogP contribution >= 0.6 is 11.6 Å². The molecule has 4 aromatic carbocycles. The highest BCUT2D eigenvalue weighted by Gasteiger charge is 2.30. The number of nitrogens with zero attached hydrogens (tertiary/aromatic N) is 2. The molecule has 0 heterocycles. The molecular formula is C36H37ClN2O6S. The van der Waals surface area contributed by atoms with Crippen LogP contribution in [-0.2, 0) is 27.9 Å². The lowest BCUT2D eigenvalue weighted by molar-refractivity contribution is -0.119. The van der Waals surface area contributed by atoms with Gasteiger partial charge in [0.25, 0.3) is 0 Å². The molecule has 5 rings (SSSR count). The highest BCUT2D eigenvalue weighted by atomic mass is 35.5. The zero-order chi connectivity index (χ0) is 32.8. The van der Waals surface area contributed by atoms with E-state index in [-0.39, 0.29) is 29.2 Å². The third kappa shape index (κ3) is 7.78. The first-order valence-corrected chi connectivity index (χ1v) is 17.1. The summed E-state index contributed by atoms with van der Waals surface area (Å²) in [4.78, 5) is 27.2. The molecular weight excluding hydrogens is 624 g/mol. The number of carbonyl (C=O) groups excluding carboxylic acids is 1. The normalized spacial score (nSPS) is 13.9. The number of halogens is 1. The van der Waals surface area contributed by atoms with E-state index >= 15 is 0 Å². The molecule has 0 saturated heterocycles. The number of hydrogen-bond acceptors (Lipinski definition) is 5. The minimum Gasteiger partial charge on any atom is -0.507 e. The van der Waals surface area contributed by atoms with E-state index in [0.29, 0.717) is 16.5 Å². The molecule has 1 aliphatic carbocycles. The maximum Gasteiger partial charge on any atom is 0.339 e. The fourth-order valence-corrected chi connectivity index (χ4v) is 7.41. The summed E-state index contributed by atoms with van der Waals surface area (Å²) in [6.07, 6.45) is 5.97. The Bertz CT molecular complexity index is 1800. The number of benzene rings is 4. The van der Waals surface area contributed by atoms with Crippen LogP contribution in [0.25, 0.3) is 0 Å². The average molecular weight is 661 g/mol. The van der Waals surface area contributed by atoms with Gasteiger partial charge in [0.2, 0.25) is 15.9 Å². The van der Waals surface area contributed by atoms with Crippen molar-refractivity contribution >= 4 is 39.2 Å². The lowest BCUT2D eigenvalue weighted by Gasteiger charge is -2.28. The number of aromatic hydroxyl groups is 1. The van der Waals surface area contributed by atoms with Crippen LogP contribution in [0, 0.1) is 6.92 Å². The third-order valence-corrected chi connectivity index (χ3v) is 10.7. The summed E-state index contributed by atoms with van der Waals surface area (Å²) in [6, 6.07) is 25.2. The lowest BCUT2D eigenvalue weighted by Crippen LogP contribution is -2.42. The average Bonchev–Trinajstić information content (AvgIpc) is 3.05. The summed E-state index contributed by atoms with van der Waals surface area (Å²) >= 11 is 6.42. The van der Waals surface area contributed by atoms with Crippen molar-refractivity contribution in [2.45, 2.75) is 62.9 Å². The first-order chi connectivity index (χ1) is 22.0. The van der Waals surface area contributed by atoms with Gasteiger partial charge in [-0.25, -0.2) is 13.2 Å². The topological polar surface area (TPSA) is 115 Å². The smallest absolute Gasteiger partial charge is 0.339 e. The van der Waals surface area contributed by atoms with Gasteiger partial charge in [0, 0.05) is 23.3 Å². The van der Waals surface area contributed by atoms with Crippen LogP contribution in [0.3, 0.4) is 0 Å². The molecule has 0 aliphatic heterocycles. The number of sulfonamides is 1. The Labute approximate surface area is 274 Å². The second-order valence-electron chi connectivity index (χ2n) is 11.7. The van der Waals surface area contributed by atoms with Crippen molar-refractivity contribution in [3.63, 3.8) is 0 Å². The molecule has 1 saturated carbocycles. The minimum atomic E-state index is -4.16. The van der Waals surface area contributed by atoms with Gasteiger partial charge in [-0.2, -0.15) is 4.31 Å². The maximum absolute atomic E-state index is 14.2. The van der Waals surface area contributed by atoms with Crippen LogP contribution < -0.4 is 4.90 Å². The number of anilines is 1. The molecule has 0 spiro atoms. The third-order valence-electron chi connectivity index (χ3n) is 8.50. The number of hydrogen-bond donors (Lipinski definition) is 2. The molecule has 0 unspecified atom stereocenters. The zero-order valence-electron chi connectivity index (χ0n) is 25.6. The Morgan fingerprint density at radius 2 is 1.54 bits per heavy atom. The highest BCUT2D eigenvalue weighted by Crippen LogP contribution is 2.33. The van der Waals surface area contributed by atoms with Gasteiger partial charge in [-0.1, -0.05) is 91.0 Å². The largest absolute Gasteiger partial charge is 0.507 e. The number of aryl methyl sites for hydroxylation is 1. The Balaban J connectivity index is 1.50. The van der Waals surface area contributed by atoms with Crippen molar-refractivity contribution in [3.8, 4) is 5.75 Å². The summed E-state index contributed by atoms with van der Waals surface area (Å²) < 4.78 is 29.1. The first-order valence-electron chi connectivity index (χ1n) is 15.3. The quantitative estimate of drug-likeness (QED) is 0.172. The van der Waals surface area contributed by atoms with E-state index in [1.165, 1.54) is 60.1 Å². The van der Waals surface area contributed by atoms with Crippen LogP contribution in [0.1, 0.15) is 70.6 Å². The van der Waals surface area contributed by atoms with Gasteiger partial charge in [-0.3, -0.25) is 4.79 Å². The molecule has 8 nitrogen and oxygen atoms in total. The number of carbonyl (C=O) groups is 2. The van der Waals surface area contributed by atoms with Crippen LogP contribution in [0.2, 0.25) is 5.02 Å². The van der Waals surface area contributed by atoms with Gasteiger partial charge in [-0.05, 0) is 72.7 Å². The highest BCUT2D eigenvalue weighted by molar-refractivity contribution is 7.89. The zero-order valence-corrected chi connectivity index (χ0v) is 27.2. The van der Waals surface area contributed by atoms with E-state index in [9.17, 15) is 28.2 Å². The molecule has 2 N–H and O–H groups in total. The lowest BCUT2D eigenvalue weighted by atomic mass is 9.84. The molecule has 46 heavy (non-hydrogen) atoms. The molecule has 1 amide bonds. The molecule has 1 fully saturated rings. The number of phenols is 1. The van der Waals surface area contributed by atoms with Crippen molar-refractivity contribution in [2.24, 2.45) is 0 Å². The molecule has 0 aromatic heterocycles. The van der Waals surface area contributed by atoms with Gasteiger partial charge in [0.05, 0.1) is 18.0 Å². The van der Waals surface area contributed by atoms with E-state index in [4.69, 9.17) is 11.6 Å². The summed E-state index contributed by atoms with van der Waals surface area (Å²) in [5, 5.41) is 20.3. The van der Waals surface area contributed by atoms with Crippen LogP contribution in [-0.4, -0.2) is 41.4 Å². The number of amides is 1. The molecule has 1 aliphatic rings. The van der Waals surface area contributed by atoms with Crippen molar-refractivity contribution in [1.29, 1.82) is 0 Å². The summed E-state index contributed by atoms with van der Waals surface area (Å²) in [5.41, 5.74) is 3.39. The fraction of sp³-hybridized carbons (Fsp3) is 0.278. The Kier molecular flexibility index (Phi) is 10.5. The standard InChI is InChI=1S/C36H37ClN2O6S/c1-25-11-18-31(19-12-25)46(44,45)38(23-29-9-5-6-10-33(29)37)24-35(41)39(30-17-20-32(36(42)43)34(40)21-30)22-26-13-15-28(16-14-26)27-7-3-2-4-8-27/h5-6,9-21,27,40H,2-4,7-8,22-24H2,1H3,(H,42,43). The summed E-state index contributed by atoms with van der Waals surface area (Å²) in [7, 11) is -4.16.